The monoisotopic (exact) mass is 264 g/mol. The molecule has 0 radical (unpaired) electrons. The predicted molar refractivity (Wildman–Crippen MR) is 77.1 cm³/mol. The fourth-order valence-corrected chi connectivity index (χ4v) is 1.80. The van der Waals surface area contributed by atoms with Gasteiger partial charge in [-0.15, -0.1) is 0 Å². The molecule has 4 heteroatoms. The first-order chi connectivity index (χ1) is 9.02. The molecule has 4 nitrogen and oxygen atoms in total. The third kappa shape index (κ3) is 5.75. The van der Waals surface area contributed by atoms with Crippen LogP contribution in [0.3, 0.4) is 0 Å². The lowest BCUT2D eigenvalue weighted by atomic mass is 10.2. The van der Waals surface area contributed by atoms with Crippen LogP contribution in [0.15, 0.2) is 24.3 Å². The zero-order valence-electron chi connectivity index (χ0n) is 12.1. The third-order valence-corrected chi connectivity index (χ3v) is 2.99. The molecule has 0 saturated heterocycles. The number of carbonyl (C=O) groups is 1. The minimum absolute atomic E-state index is 0.0907. The Labute approximate surface area is 115 Å². The molecule has 0 heterocycles. The average molecular weight is 264 g/mol. The topological polar surface area (TPSA) is 55.6 Å². The summed E-state index contributed by atoms with van der Waals surface area (Å²) in [6, 6.07) is 7.82. The molecular formula is C15H24N2O2. The Kier molecular flexibility index (Phi) is 6.36. The molecule has 0 spiro atoms. The number of rotatable bonds is 7. The summed E-state index contributed by atoms with van der Waals surface area (Å²) >= 11 is 0. The maximum Gasteiger partial charge on any atom is 0.225 e. The van der Waals surface area contributed by atoms with Crippen molar-refractivity contribution >= 4 is 5.91 Å². The van der Waals surface area contributed by atoms with Crippen LogP contribution in [-0.2, 0) is 4.79 Å². The van der Waals surface area contributed by atoms with Gasteiger partial charge in [0, 0.05) is 13.6 Å². The zero-order chi connectivity index (χ0) is 14.3. The highest BCUT2D eigenvalue weighted by Crippen LogP contribution is 2.12. The number of nitrogens with zero attached hydrogens (tertiary/aromatic N) is 1. The minimum Gasteiger partial charge on any atom is -0.493 e. The molecule has 1 rings (SSSR count). The number of nitrogens with two attached hydrogens (primary N) is 1. The van der Waals surface area contributed by atoms with Crippen molar-refractivity contribution in [1.29, 1.82) is 0 Å². The second-order valence-electron chi connectivity index (χ2n) is 5.03. The number of ether oxygens (including phenoxy) is 1. The molecule has 0 aliphatic heterocycles. The summed E-state index contributed by atoms with van der Waals surface area (Å²) in [4.78, 5) is 13.6. The van der Waals surface area contributed by atoms with Crippen LogP contribution in [0.2, 0.25) is 0 Å². The largest absolute Gasteiger partial charge is 0.493 e. The Balaban J connectivity index is 2.30. The van der Waals surface area contributed by atoms with E-state index < -0.39 is 0 Å². The van der Waals surface area contributed by atoms with Crippen molar-refractivity contribution in [3.05, 3.63) is 29.8 Å². The van der Waals surface area contributed by atoms with Crippen LogP contribution in [0.5, 0.6) is 5.75 Å². The normalized spacial score (nSPS) is 12.0. The summed E-state index contributed by atoms with van der Waals surface area (Å²) in [6.07, 6.45) is 0.391. The van der Waals surface area contributed by atoms with E-state index in [0.29, 0.717) is 32.0 Å². The Morgan fingerprint density at radius 1 is 1.47 bits per heavy atom. The molecule has 0 aliphatic rings. The van der Waals surface area contributed by atoms with Crippen molar-refractivity contribution in [2.75, 3.05) is 26.7 Å². The number of benzene rings is 1. The number of hydrogen-bond donors (Lipinski definition) is 1. The maximum absolute atomic E-state index is 11.9. The standard InChI is InChI=1S/C15H24N2O2/c1-12-5-4-6-14(9-12)19-8-7-15(18)17(3)11-13(2)10-16/h4-6,9,13H,7-8,10-11,16H2,1-3H3. The zero-order valence-corrected chi connectivity index (χ0v) is 12.1. The molecule has 2 N–H and O–H groups in total. The Hall–Kier alpha value is -1.55. The van der Waals surface area contributed by atoms with Gasteiger partial charge in [0.25, 0.3) is 0 Å². The first-order valence-corrected chi connectivity index (χ1v) is 6.66. The average Bonchev–Trinajstić information content (AvgIpc) is 2.38. The first-order valence-electron chi connectivity index (χ1n) is 6.66. The van der Waals surface area contributed by atoms with Crippen LogP contribution in [0.25, 0.3) is 0 Å². The van der Waals surface area contributed by atoms with E-state index in [1.807, 2.05) is 38.1 Å². The van der Waals surface area contributed by atoms with Crippen molar-refractivity contribution < 1.29 is 9.53 Å². The maximum atomic E-state index is 11.9. The van der Waals surface area contributed by atoms with Gasteiger partial charge in [-0.3, -0.25) is 4.79 Å². The van der Waals surface area contributed by atoms with Gasteiger partial charge in [-0.1, -0.05) is 19.1 Å². The summed E-state index contributed by atoms with van der Waals surface area (Å²) in [5.74, 6) is 1.23. The summed E-state index contributed by atoms with van der Waals surface area (Å²) < 4.78 is 5.57. The van der Waals surface area contributed by atoms with E-state index in [9.17, 15) is 4.79 Å². The highest BCUT2D eigenvalue weighted by Gasteiger charge is 2.11. The van der Waals surface area contributed by atoms with Crippen LogP contribution < -0.4 is 10.5 Å². The molecule has 1 amide bonds. The molecular weight excluding hydrogens is 240 g/mol. The molecule has 106 valence electrons. The van der Waals surface area contributed by atoms with Gasteiger partial charge >= 0.3 is 0 Å². The highest BCUT2D eigenvalue weighted by atomic mass is 16.5. The van der Waals surface area contributed by atoms with Crippen LogP contribution >= 0.6 is 0 Å². The smallest absolute Gasteiger partial charge is 0.225 e. The molecule has 1 atom stereocenters. The molecule has 1 aromatic rings. The number of aryl methyl sites for hydroxylation is 1. The Bertz CT molecular complexity index is 407. The van der Waals surface area contributed by atoms with E-state index >= 15 is 0 Å². The van der Waals surface area contributed by atoms with Gasteiger partial charge in [-0.25, -0.2) is 0 Å². The van der Waals surface area contributed by atoms with E-state index in [0.717, 1.165) is 11.3 Å². The van der Waals surface area contributed by atoms with E-state index in [1.54, 1.807) is 11.9 Å². The molecule has 1 aromatic carbocycles. The fourth-order valence-electron chi connectivity index (χ4n) is 1.80. The summed E-state index contributed by atoms with van der Waals surface area (Å²) in [7, 11) is 1.81. The Morgan fingerprint density at radius 2 is 2.21 bits per heavy atom. The molecule has 19 heavy (non-hydrogen) atoms. The molecule has 0 aromatic heterocycles. The van der Waals surface area contributed by atoms with Crippen molar-refractivity contribution in [3.63, 3.8) is 0 Å². The summed E-state index contributed by atoms with van der Waals surface area (Å²) in [5, 5.41) is 0. The third-order valence-electron chi connectivity index (χ3n) is 2.99. The quantitative estimate of drug-likeness (QED) is 0.817. The van der Waals surface area contributed by atoms with Crippen LogP contribution in [0.1, 0.15) is 18.9 Å². The van der Waals surface area contributed by atoms with E-state index in [1.165, 1.54) is 0 Å². The fraction of sp³-hybridized carbons (Fsp3) is 0.533. The van der Waals surface area contributed by atoms with Crippen molar-refractivity contribution in [2.24, 2.45) is 11.7 Å². The summed E-state index contributed by atoms with van der Waals surface area (Å²) in [6.45, 7) is 5.74. The second-order valence-corrected chi connectivity index (χ2v) is 5.03. The van der Waals surface area contributed by atoms with E-state index in [-0.39, 0.29) is 5.91 Å². The number of amides is 1. The van der Waals surface area contributed by atoms with Crippen molar-refractivity contribution in [3.8, 4) is 5.75 Å². The van der Waals surface area contributed by atoms with Crippen LogP contribution in [0, 0.1) is 12.8 Å². The number of hydrogen-bond acceptors (Lipinski definition) is 3. The molecule has 0 fully saturated rings. The second kappa shape index (κ2) is 7.79. The van der Waals surface area contributed by atoms with Crippen LogP contribution in [-0.4, -0.2) is 37.6 Å². The van der Waals surface area contributed by atoms with E-state index in [2.05, 4.69) is 0 Å². The van der Waals surface area contributed by atoms with Gasteiger partial charge in [0.1, 0.15) is 5.75 Å². The Morgan fingerprint density at radius 3 is 2.84 bits per heavy atom. The molecule has 0 aliphatic carbocycles. The number of carbonyl (C=O) groups excluding carboxylic acids is 1. The van der Waals surface area contributed by atoms with Gasteiger partial charge in [-0.2, -0.15) is 0 Å². The van der Waals surface area contributed by atoms with Crippen molar-refractivity contribution in [2.45, 2.75) is 20.3 Å². The SMILES string of the molecule is Cc1cccc(OCCC(=O)N(C)CC(C)CN)c1. The molecule has 0 saturated carbocycles. The van der Waals surface area contributed by atoms with Gasteiger partial charge in [0.2, 0.25) is 5.91 Å². The van der Waals surface area contributed by atoms with Crippen LogP contribution in [0.4, 0.5) is 0 Å². The molecule has 0 bridgehead atoms. The van der Waals surface area contributed by atoms with Gasteiger partial charge < -0.3 is 15.4 Å². The summed E-state index contributed by atoms with van der Waals surface area (Å²) in [5.41, 5.74) is 6.70. The lowest BCUT2D eigenvalue weighted by Crippen LogP contribution is -2.34. The lowest BCUT2D eigenvalue weighted by Gasteiger charge is -2.20. The minimum atomic E-state index is 0.0907. The lowest BCUT2D eigenvalue weighted by molar-refractivity contribution is -0.130. The molecule has 1 unspecified atom stereocenters. The van der Waals surface area contributed by atoms with Gasteiger partial charge in [0.15, 0.2) is 0 Å². The van der Waals surface area contributed by atoms with Crippen molar-refractivity contribution in [1.82, 2.24) is 4.90 Å². The predicted octanol–water partition coefficient (Wildman–Crippen LogP) is 1.82. The first kappa shape index (κ1) is 15.5. The highest BCUT2D eigenvalue weighted by molar-refractivity contribution is 5.75. The van der Waals surface area contributed by atoms with Gasteiger partial charge in [0.05, 0.1) is 13.0 Å². The van der Waals surface area contributed by atoms with Gasteiger partial charge in [-0.05, 0) is 37.1 Å². The van der Waals surface area contributed by atoms with E-state index in [4.69, 9.17) is 10.5 Å².